The first-order valence-corrected chi connectivity index (χ1v) is 11.3. The molecular weight excluding hydrogens is 402 g/mol. The summed E-state index contributed by atoms with van der Waals surface area (Å²) in [5.74, 6) is 1.07. The van der Waals surface area contributed by atoms with E-state index in [4.69, 9.17) is 9.47 Å². The summed E-state index contributed by atoms with van der Waals surface area (Å²) < 4.78 is 12.1. The van der Waals surface area contributed by atoms with E-state index in [-0.39, 0.29) is 12.1 Å². The van der Waals surface area contributed by atoms with Crippen molar-refractivity contribution in [1.82, 2.24) is 15.1 Å². The molecule has 1 aromatic heterocycles. The molecule has 0 saturated carbocycles. The molecule has 0 spiro atoms. The molecule has 0 saturated heterocycles. The van der Waals surface area contributed by atoms with Crippen molar-refractivity contribution < 1.29 is 14.3 Å². The molecule has 0 bridgehead atoms. The zero-order valence-corrected chi connectivity index (χ0v) is 19.6. The maximum Gasteiger partial charge on any atom is 0.320 e. The second-order valence-corrected chi connectivity index (χ2v) is 9.94. The highest BCUT2D eigenvalue weighted by molar-refractivity contribution is 5.78. The number of H-pyrrole nitrogens is 1. The number of rotatable bonds is 6. The van der Waals surface area contributed by atoms with Crippen LogP contribution in [0.2, 0.25) is 0 Å². The molecule has 6 nitrogen and oxygen atoms in total. The van der Waals surface area contributed by atoms with E-state index in [9.17, 15) is 4.79 Å². The molecule has 1 N–H and O–H groups in total. The van der Waals surface area contributed by atoms with Crippen LogP contribution in [0.5, 0.6) is 5.75 Å². The largest absolute Gasteiger partial charge is 0.485 e. The summed E-state index contributed by atoms with van der Waals surface area (Å²) in [5.41, 5.74) is 4.16. The topological polar surface area (TPSA) is 67.4 Å². The number of fused-ring (bicyclic) bond motifs is 2. The van der Waals surface area contributed by atoms with Crippen LogP contribution in [0.1, 0.15) is 57.4 Å². The van der Waals surface area contributed by atoms with Gasteiger partial charge in [0, 0.05) is 18.5 Å². The molecule has 3 aromatic rings. The number of aromatic amines is 1. The van der Waals surface area contributed by atoms with E-state index >= 15 is 0 Å². The molecule has 170 valence electrons. The number of nitrogens with zero attached hydrogens (tertiary/aromatic N) is 2. The zero-order valence-electron chi connectivity index (χ0n) is 19.6. The SMILES string of the molecule is CC(C)C(Oc1cccc2c1CCN(CC(=O)OC(C)(C)C)C2)c1ccc2[nH]ncc2c1. The quantitative estimate of drug-likeness (QED) is 0.550. The van der Waals surface area contributed by atoms with Crippen LogP contribution < -0.4 is 4.74 Å². The third kappa shape index (κ3) is 5.13. The number of hydrogen-bond acceptors (Lipinski definition) is 5. The van der Waals surface area contributed by atoms with E-state index in [0.717, 1.165) is 41.7 Å². The number of carbonyl (C=O) groups excluding carboxylic acids is 1. The number of nitrogens with one attached hydrogen (secondary N) is 1. The Hall–Kier alpha value is -2.86. The fraction of sp³-hybridized carbons (Fsp3) is 0.462. The molecule has 0 aliphatic carbocycles. The molecule has 1 aliphatic heterocycles. The van der Waals surface area contributed by atoms with Crippen LogP contribution in [0.25, 0.3) is 10.9 Å². The van der Waals surface area contributed by atoms with E-state index in [1.807, 2.05) is 33.0 Å². The van der Waals surface area contributed by atoms with Crippen LogP contribution in [-0.2, 0) is 22.5 Å². The van der Waals surface area contributed by atoms with Crippen LogP contribution in [0, 0.1) is 5.92 Å². The predicted octanol–water partition coefficient (Wildman–Crippen LogP) is 5.04. The van der Waals surface area contributed by atoms with Crippen molar-refractivity contribution >= 4 is 16.9 Å². The molecule has 2 aromatic carbocycles. The van der Waals surface area contributed by atoms with Gasteiger partial charge in [0.05, 0.1) is 18.3 Å². The summed E-state index contributed by atoms with van der Waals surface area (Å²) in [4.78, 5) is 14.4. The van der Waals surface area contributed by atoms with Gasteiger partial charge in [-0.1, -0.05) is 32.0 Å². The van der Waals surface area contributed by atoms with Crippen molar-refractivity contribution in [2.45, 2.75) is 59.3 Å². The van der Waals surface area contributed by atoms with Gasteiger partial charge in [0.2, 0.25) is 0 Å². The van der Waals surface area contributed by atoms with Gasteiger partial charge in [-0.15, -0.1) is 0 Å². The molecule has 32 heavy (non-hydrogen) atoms. The third-order valence-corrected chi connectivity index (χ3v) is 5.73. The summed E-state index contributed by atoms with van der Waals surface area (Å²) in [6, 6.07) is 12.6. The molecule has 1 aliphatic rings. The van der Waals surface area contributed by atoms with Crippen LogP contribution in [-0.4, -0.2) is 39.8 Å². The van der Waals surface area contributed by atoms with Gasteiger partial charge in [-0.2, -0.15) is 5.10 Å². The van der Waals surface area contributed by atoms with E-state index in [2.05, 4.69) is 59.3 Å². The Labute approximate surface area is 189 Å². The first kappa shape index (κ1) is 22.3. The minimum absolute atomic E-state index is 0.0550. The van der Waals surface area contributed by atoms with Gasteiger partial charge in [0.25, 0.3) is 0 Å². The van der Waals surface area contributed by atoms with Gasteiger partial charge in [-0.3, -0.25) is 14.8 Å². The highest BCUT2D eigenvalue weighted by Crippen LogP contribution is 2.35. The Morgan fingerprint density at radius 1 is 1.22 bits per heavy atom. The van der Waals surface area contributed by atoms with Gasteiger partial charge < -0.3 is 9.47 Å². The molecule has 1 unspecified atom stereocenters. The average molecular weight is 436 g/mol. The van der Waals surface area contributed by atoms with Gasteiger partial charge in [-0.05, 0) is 68.0 Å². The summed E-state index contributed by atoms with van der Waals surface area (Å²) >= 11 is 0. The Bertz CT molecular complexity index is 1100. The van der Waals surface area contributed by atoms with E-state index in [1.54, 1.807) is 0 Å². The van der Waals surface area contributed by atoms with Crippen molar-refractivity contribution in [3.8, 4) is 5.75 Å². The van der Waals surface area contributed by atoms with E-state index in [1.165, 1.54) is 11.1 Å². The van der Waals surface area contributed by atoms with Gasteiger partial charge in [0.15, 0.2) is 0 Å². The summed E-state index contributed by atoms with van der Waals surface area (Å²) in [6.07, 6.45) is 2.64. The number of benzene rings is 2. The highest BCUT2D eigenvalue weighted by atomic mass is 16.6. The molecular formula is C26H33N3O3. The summed E-state index contributed by atoms with van der Waals surface area (Å²) in [6.45, 7) is 11.9. The number of carbonyl (C=O) groups is 1. The second-order valence-electron chi connectivity index (χ2n) is 9.94. The molecule has 2 heterocycles. The lowest BCUT2D eigenvalue weighted by atomic mass is 9.96. The lowest BCUT2D eigenvalue weighted by Gasteiger charge is -2.31. The van der Waals surface area contributed by atoms with Gasteiger partial charge >= 0.3 is 5.97 Å². The highest BCUT2D eigenvalue weighted by Gasteiger charge is 2.26. The molecule has 4 rings (SSSR count). The Morgan fingerprint density at radius 2 is 2.03 bits per heavy atom. The van der Waals surface area contributed by atoms with E-state index < -0.39 is 5.60 Å². The Kier molecular flexibility index (Phi) is 6.24. The smallest absolute Gasteiger partial charge is 0.320 e. The predicted molar refractivity (Wildman–Crippen MR) is 126 cm³/mol. The molecule has 6 heteroatoms. The van der Waals surface area contributed by atoms with Crippen molar-refractivity contribution in [1.29, 1.82) is 0 Å². The van der Waals surface area contributed by atoms with E-state index in [0.29, 0.717) is 12.5 Å². The minimum Gasteiger partial charge on any atom is -0.485 e. The average Bonchev–Trinajstić information content (AvgIpc) is 3.18. The van der Waals surface area contributed by atoms with Crippen LogP contribution in [0.3, 0.4) is 0 Å². The lowest BCUT2D eigenvalue weighted by molar-refractivity contribution is -0.156. The molecule has 0 amide bonds. The fourth-order valence-corrected chi connectivity index (χ4v) is 4.30. The van der Waals surface area contributed by atoms with Crippen molar-refractivity contribution in [2.24, 2.45) is 5.92 Å². The molecule has 0 fully saturated rings. The van der Waals surface area contributed by atoms with Gasteiger partial charge in [-0.25, -0.2) is 0 Å². The number of ether oxygens (including phenoxy) is 2. The standard InChI is InChI=1S/C26H33N3O3/c1-17(2)25(18-9-10-22-20(13-18)14-27-28-22)31-23-8-6-7-19-15-29(12-11-21(19)23)16-24(30)32-26(3,4)5/h6-10,13-14,17,25H,11-12,15-16H2,1-5H3,(H,27,28). The van der Waals surface area contributed by atoms with Crippen LogP contribution in [0.4, 0.5) is 0 Å². The summed E-state index contributed by atoms with van der Waals surface area (Å²) in [5, 5.41) is 8.23. The molecule has 1 atom stereocenters. The first-order valence-electron chi connectivity index (χ1n) is 11.3. The zero-order chi connectivity index (χ0) is 22.9. The maximum atomic E-state index is 12.3. The number of aromatic nitrogens is 2. The van der Waals surface area contributed by atoms with Crippen molar-refractivity contribution in [2.75, 3.05) is 13.1 Å². The number of hydrogen-bond donors (Lipinski definition) is 1. The monoisotopic (exact) mass is 435 g/mol. The normalized spacial score (nSPS) is 15.6. The molecule has 0 radical (unpaired) electrons. The lowest BCUT2D eigenvalue weighted by Crippen LogP contribution is -2.38. The fourth-order valence-electron chi connectivity index (χ4n) is 4.30. The second kappa shape index (κ2) is 8.94. The number of esters is 1. The minimum atomic E-state index is -0.461. The first-order chi connectivity index (χ1) is 15.2. The third-order valence-electron chi connectivity index (χ3n) is 5.73. The van der Waals surface area contributed by atoms with Gasteiger partial charge in [0.1, 0.15) is 17.5 Å². The Balaban J connectivity index is 1.51. The van der Waals surface area contributed by atoms with Crippen LogP contribution in [0.15, 0.2) is 42.6 Å². The maximum absolute atomic E-state index is 12.3. The van der Waals surface area contributed by atoms with Crippen molar-refractivity contribution in [3.05, 3.63) is 59.3 Å². The van der Waals surface area contributed by atoms with Crippen molar-refractivity contribution in [3.63, 3.8) is 0 Å². The summed E-state index contributed by atoms with van der Waals surface area (Å²) in [7, 11) is 0. The van der Waals surface area contributed by atoms with Crippen LogP contribution >= 0.6 is 0 Å². The Morgan fingerprint density at radius 3 is 2.78 bits per heavy atom.